The quantitative estimate of drug-likeness (QED) is 0.803. The monoisotopic (exact) mass is 232 g/mol. The summed E-state index contributed by atoms with van der Waals surface area (Å²) in [5.41, 5.74) is 2.39. The Kier molecular flexibility index (Phi) is 3.01. The van der Waals surface area contributed by atoms with Crippen LogP contribution in [0.2, 0.25) is 5.02 Å². The van der Waals surface area contributed by atoms with Crippen molar-refractivity contribution in [2.24, 2.45) is 0 Å². The molecular formula is C11H10BClN2O. The van der Waals surface area contributed by atoms with Gasteiger partial charge >= 0.3 is 0 Å². The molecule has 1 heterocycles. The summed E-state index contributed by atoms with van der Waals surface area (Å²) in [4.78, 5) is 18.6. The molecule has 5 heteroatoms. The zero-order chi connectivity index (χ0) is 11.7. The van der Waals surface area contributed by atoms with E-state index in [9.17, 15) is 4.79 Å². The van der Waals surface area contributed by atoms with E-state index in [2.05, 4.69) is 9.97 Å². The molecule has 0 unspecified atom stereocenters. The molecular weight excluding hydrogens is 222 g/mol. The topological polar surface area (TPSA) is 45.8 Å². The van der Waals surface area contributed by atoms with Crippen LogP contribution in [0.25, 0.3) is 11.0 Å². The summed E-state index contributed by atoms with van der Waals surface area (Å²) in [6.45, 7) is 1.89. The fourth-order valence-electron chi connectivity index (χ4n) is 1.60. The van der Waals surface area contributed by atoms with Crippen LogP contribution in [0.1, 0.15) is 18.2 Å². The number of aryl methyl sites for hydroxylation is 1. The van der Waals surface area contributed by atoms with Gasteiger partial charge < -0.3 is 4.98 Å². The minimum absolute atomic E-state index is 0.189. The molecule has 0 aliphatic carbocycles. The predicted octanol–water partition coefficient (Wildman–Crippen LogP) is 1.81. The first kappa shape index (κ1) is 11.2. The van der Waals surface area contributed by atoms with E-state index in [1.807, 2.05) is 19.1 Å². The van der Waals surface area contributed by atoms with Crippen molar-refractivity contribution in [1.29, 1.82) is 0 Å². The van der Waals surface area contributed by atoms with Crippen molar-refractivity contribution in [2.75, 3.05) is 0 Å². The maximum Gasteiger partial charge on any atom is 0.270 e. The van der Waals surface area contributed by atoms with Gasteiger partial charge in [-0.25, -0.2) is 4.98 Å². The molecule has 1 N–H and O–H groups in total. The van der Waals surface area contributed by atoms with E-state index in [0.717, 1.165) is 5.56 Å². The van der Waals surface area contributed by atoms with Gasteiger partial charge in [0.2, 0.25) is 0 Å². The first-order valence-corrected chi connectivity index (χ1v) is 5.45. The molecule has 0 aliphatic rings. The highest BCUT2D eigenvalue weighted by molar-refractivity contribution is 6.36. The summed E-state index contributed by atoms with van der Waals surface area (Å²) in [6.07, 6.45) is 0.938. The van der Waals surface area contributed by atoms with Crippen molar-refractivity contribution in [1.82, 2.24) is 9.97 Å². The van der Waals surface area contributed by atoms with Crippen molar-refractivity contribution in [3.05, 3.63) is 38.8 Å². The lowest BCUT2D eigenvalue weighted by Crippen LogP contribution is -2.14. The third-order valence-electron chi connectivity index (χ3n) is 2.51. The largest absolute Gasteiger partial charge is 0.318 e. The van der Waals surface area contributed by atoms with Gasteiger partial charge in [0.25, 0.3) is 5.56 Å². The SMILES string of the molecule is [B]Cc1ccc2nc(CC)c(=O)[nH]c2c1Cl. The van der Waals surface area contributed by atoms with E-state index in [1.54, 1.807) is 0 Å². The van der Waals surface area contributed by atoms with Gasteiger partial charge in [0.15, 0.2) is 0 Å². The minimum Gasteiger partial charge on any atom is -0.318 e. The average molecular weight is 232 g/mol. The Balaban J connectivity index is 2.81. The molecule has 0 saturated heterocycles. The van der Waals surface area contributed by atoms with Gasteiger partial charge in [-0.1, -0.05) is 30.9 Å². The van der Waals surface area contributed by atoms with E-state index < -0.39 is 0 Å². The Labute approximate surface area is 99.3 Å². The Morgan fingerprint density at radius 3 is 2.88 bits per heavy atom. The molecule has 1 aromatic heterocycles. The van der Waals surface area contributed by atoms with E-state index in [4.69, 9.17) is 19.4 Å². The maximum absolute atomic E-state index is 11.6. The molecule has 2 radical (unpaired) electrons. The van der Waals surface area contributed by atoms with Crippen LogP contribution < -0.4 is 5.56 Å². The van der Waals surface area contributed by atoms with Crippen LogP contribution in [-0.4, -0.2) is 17.8 Å². The molecule has 2 rings (SSSR count). The van der Waals surface area contributed by atoms with Crippen LogP contribution in [0.15, 0.2) is 16.9 Å². The van der Waals surface area contributed by atoms with Crippen LogP contribution in [0.4, 0.5) is 0 Å². The van der Waals surface area contributed by atoms with E-state index in [0.29, 0.717) is 34.5 Å². The number of aromatic amines is 1. The van der Waals surface area contributed by atoms with Crippen molar-refractivity contribution < 1.29 is 0 Å². The molecule has 0 saturated carbocycles. The highest BCUT2D eigenvalue weighted by Gasteiger charge is 2.08. The molecule has 0 bridgehead atoms. The third-order valence-corrected chi connectivity index (χ3v) is 2.94. The zero-order valence-corrected chi connectivity index (χ0v) is 9.64. The predicted molar refractivity (Wildman–Crippen MR) is 66.2 cm³/mol. The molecule has 80 valence electrons. The van der Waals surface area contributed by atoms with E-state index >= 15 is 0 Å². The van der Waals surface area contributed by atoms with Crippen LogP contribution in [0.3, 0.4) is 0 Å². The molecule has 16 heavy (non-hydrogen) atoms. The third kappa shape index (κ3) is 1.73. The highest BCUT2D eigenvalue weighted by atomic mass is 35.5. The van der Waals surface area contributed by atoms with Gasteiger partial charge in [0.05, 0.1) is 23.9 Å². The molecule has 0 aliphatic heterocycles. The molecule has 0 amide bonds. The average Bonchev–Trinajstić information content (AvgIpc) is 2.30. The second kappa shape index (κ2) is 4.30. The maximum atomic E-state index is 11.6. The number of nitrogens with zero attached hydrogens (tertiary/aromatic N) is 1. The molecule has 2 aromatic rings. The number of aromatic nitrogens is 2. The van der Waals surface area contributed by atoms with E-state index in [1.165, 1.54) is 0 Å². The lowest BCUT2D eigenvalue weighted by Gasteiger charge is -2.06. The van der Waals surface area contributed by atoms with Gasteiger partial charge in [-0.05, 0) is 18.1 Å². The second-order valence-corrected chi connectivity index (χ2v) is 3.88. The molecule has 3 nitrogen and oxygen atoms in total. The normalized spacial score (nSPS) is 10.9. The van der Waals surface area contributed by atoms with E-state index in [-0.39, 0.29) is 5.56 Å². The first-order chi connectivity index (χ1) is 7.67. The van der Waals surface area contributed by atoms with Gasteiger partial charge in [-0.3, -0.25) is 4.79 Å². The summed E-state index contributed by atoms with van der Waals surface area (Å²) >= 11 is 6.12. The summed E-state index contributed by atoms with van der Waals surface area (Å²) in [5, 5.41) is 0.479. The first-order valence-electron chi connectivity index (χ1n) is 5.07. The molecule has 0 fully saturated rings. The fourth-order valence-corrected chi connectivity index (χ4v) is 1.88. The number of rotatable bonds is 2. The molecule has 0 spiro atoms. The lowest BCUT2D eigenvalue weighted by molar-refractivity contribution is 0.996. The summed E-state index contributed by atoms with van der Waals surface area (Å²) in [5.74, 6) is 0. The van der Waals surface area contributed by atoms with Crippen molar-refractivity contribution in [3.63, 3.8) is 0 Å². The van der Waals surface area contributed by atoms with Crippen LogP contribution >= 0.6 is 11.6 Å². The molecule has 1 aromatic carbocycles. The zero-order valence-electron chi connectivity index (χ0n) is 8.88. The summed E-state index contributed by atoms with van der Waals surface area (Å²) in [6, 6.07) is 3.65. The number of benzene rings is 1. The van der Waals surface area contributed by atoms with Crippen LogP contribution in [0, 0.1) is 0 Å². The number of hydrogen-bond donors (Lipinski definition) is 1. The number of nitrogens with one attached hydrogen (secondary N) is 1. The van der Waals surface area contributed by atoms with Gasteiger partial charge in [-0.2, -0.15) is 0 Å². The number of halogens is 1. The number of H-pyrrole nitrogens is 1. The Morgan fingerprint density at radius 2 is 2.25 bits per heavy atom. The molecule has 0 atom stereocenters. The number of fused-ring (bicyclic) bond motifs is 1. The smallest absolute Gasteiger partial charge is 0.270 e. The lowest BCUT2D eigenvalue weighted by atomic mass is 9.96. The van der Waals surface area contributed by atoms with Crippen molar-refractivity contribution >= 4 is 30.5 Å². The Morgan fingerprint density at radius 1 is 1.50 bits per heavy atom. The van der Waals surface area contributed by atoms with Crippen LogP contribution in [-0.2, 0) is 12.7 Å². The van der Waals surface area contributed by atoms with Gasteiger partial charge in [0, 0.05) is 0 Å². The summed E-state index contributed by atoms with van der Waals surface area (Å²) < 4.78 is 0. The minimum atomic E-state index is -0.189. The number of hydrogen-bond acceptors (Lipinski definition) is 2. The fraction of sp³-hybridized carbons (Fsp3) is 0.273. The highest BCUT2D eigenvalue weighted by Crippen LogP contribution is 2.23. The van der Waals surface area contributed by atoms with Gasteiger partial charge in [-0.15, -0.1) is 0 Å². The standard InChI is InChI=1S/C11H10BClN2O/c1-2-7-11(16)15-10-8(14-7)4-3-6(5-12)9(10)13/h3-4H,2,5H2,1H3,(H,15,16). The van der Waals surface area contributed by atoms with Crippen molar-refractivity contribution in [2.45, 2.75) is 19.7 Å². The Hall–Kier alpha value is -1.29. The van der Waals surface area contributed by atoms with Crippen molar-refractivity contribution in [3.8, 4) is 0 Å². The Bertz CT molecular complexity index is 594. The summed E-state index contributed by atoms with van der Waals surface area (Å²) in [7, 11) is 5.54. The second-order valence-electron chi connectivity index (χ2n) is 3.50. The van der Waals surface area contributed by atoms with Crippen LogP contribution in [0.5, 0.6) is 0 Å². The van der Waals surface area contributed by atoms with Gasteiger partial charge in [0.1, 0.15) is 5.69 Å².